The Balaban J connectivity index is 2.41. The Morgan fingerprint density at radius 3 is 2.95 bits per heavy atom. The Morgan fingerprint density at radius 1 is 1.53 bits per heavy atom. The largest absolute Gasteiger partial charge is 0.481 e. The lowest BCUT2D eigenvalue weighted by Crippen LogP contribution is -2.12. The van der Waals surface area contributed by atoms with Crippen molar-refractivity contribution in [1.82, 2.24) is 0 Å². The van der Waals surface area contributed by atoms with E-state index in [-0.39, 0.29) is 13.0 Å². The van der Waals surface area contributed by atoms with E-state index in [1.165, 1.54) is 11.8 Å². The summed E-state index contributed by atoms with van der Waals surface area (Å²) < 4.78 is 5.16. The van der Waals surface area contributed by atoms with Crippen LogP contribution in [0.5, 0.6) is 0 Å². The molecule has 0 saturated heterocycles. The first-order valence-corrected chi connectivity index (χ1v) is 7.02. The molecule has 0 aliphatic rings. The summed E-state index contributed by atoms with van der Waals surface area (Å²) in [7, 11) is 0. The SMILES string of the molecule is CSc1cccc(NCCOCCC(=O)O)c1C#N. The van der Waals surface area contributed by atoms with Gasteiger partial charge in [-0.1, -0.05) is 6.07 Å². The van der Waals surface area contributed by atoms with Gasteiger partial charge < -0.3 is 15.2 Å². The van der Waals surface area contributed by atoms with E-state index in [1.807, 2.05) is 24.5 Å². The van der Waals surface area contributed by atoms with Crippen molar-refractivity contribution in [2.45, 2.75) is 11.3 Å². The van der Waals surface area contributed by atoms with Crippen LogP contribution >= 0.6 is 11.8 Å². The summed E-state index contributed by atoms with van der Waals surface area (Å²) in [6.45, 7) is 1.14. The number of anilines is 1. The molecule has 0 bridgehead atoms. The Hall–Kier alpha value is -1.71. The highest BCUT2D eigenvalue weighted by Crippen LogP contribution is 2.25. The molecule has 1 aromatic carbocycles. The molecule has 5 nitrogen and oxygen atoms in total. The predicted octanol–water partition coefficient (Wildman–Crippen LogP) is 2.18. The minimum Gasteiger partial charge on any atom is -0.481 e. The smallest absolute Gasteiger partial charge is 0.305 e. The Kier molecular flexibility index (Phi) is 6.79. The van der Waals surface area contributed by atoms with Crippen LogP contribution in [0.3, 0.4) is 0 Å². The number of nitrogens with one attached hydrogen (secondary N) is 1. The fraction of sp³-hybridized carbons (Fsp3) is 0.385. The Morgan fingerprint density at radius 2 is 2.32 bits per heavy atom. The van der Waals surface area contributed by atoms with Crippen molar-refractivity contribution < 1.29 is 14.6 Å². The second-order valence-corrected chi connectivity index (χ2v) is 4.53. The molecule has 0 atom stereocenters. The van der Waals surface area contributed by atoms with Crippen molar-refractivity contribution >= 4 is 23.4 Å². The van der Waals surface area contributed by atoms with Crippen LogP contribution in [0.2, 0.25) is 0 Å². The standard InChI is InChI=1S/C13H16N2O3S/c1-19-12-4-2-3-11(10(12)9-14)15-6-8-18-7-5-13(16)17/h2-4,15H,5-8H2,1H3,(H,16,17). The quantitative estimate of drug-likeness (QED) is 0.561. The third-order valence-corrected chi connectivity index (χ3v) is 3.16. The lowest BCUT2D eigenvalue weighted by Gasteiger charge is -2.10. The molecule has 1 aromatic rings. The van der Waals surface area contributed by atoms with Crippen LogP contribution in [0.4, 0.5) is 5.69 Å². The number of benzene rings is 1. The first kappa shape index (κ1) is 15.3. The van der Waals surface area contributed by atoms with Crippen LogP contribution in [-0.4, -0.2) is 37.1 Å². The Bertz CT molecular complexity index is 471. The predicted molar refractivity (Wildman–Crippen MR) is 74.5 cm³/mol. The van der Waals surface area contributed by atoms with Crippen LogP contribution in [0.15, 0.2) is 23.1 Å². The van der Waals surface area contributed by atoms with Gasteiger partial charge in [0.2, 0.25) is 0 Å². The van der Waals surface area contributed by atoms with Gasteiger partial charge in [0.25, 0.3) is 0 Å². The summed E-state index contributed by atoms with van der Waals surface area (Å²) in [5.41, 5.74) is 1.40. The second-order valence-electron chi connectivity index (χ2n) is 3.68. The van der Waals surface area contributed by atoms with Crippen molar-refractivity contribution in [3.63, 3.8) is 0 Å². The molecule has 0 fully saturated rings. The van der Waals surface area contributed by atoms with Gasteiger partial charge in [0, 0.05) is 11.4 Å². The number of nitrogens with zero attached hydrogens (tertiary/aromatic N) is 1. The fourth-order valence-electron chi connectivity index (χ4n) is 1.48. The molecule has 2 N–H and O–H groups in total. The number of ether oxygens (including phenoxy) is 1. The number of rotatable bonds is 8. The van der Waals surface area contributed by atoms with Gasteiger partial charge in [-0.25, -0.2) is 0 Å². The fourth-order valence-corrected chi connectivity index (χ4v) is 2.06. The lowest BCUT2D eigenvalue weighted by atomic mass is 10.2. The molecule has 0 radical (unpaired) electrons. The lowest BCUT2D eigenvalue weighted by molar-refractivity contribution is -0.138. The number of hydrogen-bond acceptors (Lipinski definition) is 5. The molecule has 0 amide bonds. The normalized spacial score (nSPS) is 9.89. The molecule has 0 saturated carbocycles. The van der Waals surface area contributed by atoms with E-state index in [4.69, 9.17) is 15.1 Å². The molecule has 0 heterocycles. The van der Waals surface area contributed by atoms with Gasteiger partial charge in [0.05, 0.1) is 30.9 Å². The molecule has 102 valence electrons. The number of aliphatic carboxylic acids is 1. The van der Waals surface area contributed by atoms with Crippen LogP contribution in [-0.2, 0) is 9.53 Å². The van der Waals surface area contributed by atoms with E-state index in [0.29, 0.717) is 18.7 Å². The minimum absolute atomic E-state index is 0.00536. The van der Waals surface area contributed by atoms with Crippen LogP contribution in [0, 0.1) is 11.3 Å². The van der Waals surface area contributed by atoms with Gasteiger partial charge in [-0.2, -0.15) is 5.26 Å². The molecule has 0 aliphatic heterocycles. The number of nitriles is 1. The third-order valence-electron chi connectivity index (χ3n) is 2.38. The highest BCUT2D eigenvalue weighted by Gasteiger charge is 2.06. The summed E-state index contributed by atoms with van der Waals surface area (Å²) in [4.78, 5) is 11.2. The maximum absolute atomic E-state index is 10.3. The average molecular weight is 280 g/mol. The minimum atomic E-state index is -0.868. The van der Waals surface area contributed by atoms with Gasteiger partial charge in [0.15, 0.2) is 0 Å². The molecular formula is C13H16N2O3S. The van der Waals surface area contributed by atoms with E-state index >= 15 is 0 Å². The first-order chi connectivity index (χ1) is 9.19. The zero-order chi connectivity index (χ0) is 14.1. The average Bonchev–Trinajstić information content (AvgIpc) is 2.41. The highest BCUT2D eigenvalue weighted by atomic mass is 32.2. The zero-order valence-corrected chi connectivity index (χ0v) is 11.5. The third kappa shape index (κ3) is 5.20. The van der Waals surface area contributed by atoms with Crippen LogP contribution in [0.25, 0.3) is 0 Å². The van der Waals surface area contributed by atoms with E-state index in [1.54, 1.807) is 0 Å². The second kappa shape index (κ2) is 8.40. The van der Waals surface area contributed by atoms with Crippen molar-refractivity contribution in [1.29, 1.82) is 5.26 Å². The Labute approximate surface area is 116 Å². The molecular weight excluding hydrogens is 264 g/mol. The molecule has 0 aromatic heterocycles. The van der Waals surface area contributed by atoms with Crippen molar-refractivity contribution in [2.75, 3.05) is 31.3 Å². The van der Waals surface area contributed by atoms with Gasteiger partial charge in [-0.15, -0.1) is 11.8 Å². The molecule has 0 aliphatic carbocycles. The summed E-state index contributed by atoms with van der Waals surface area (Å²) in [5, 5.41) is 20.7. The van der Waals surface area contributed by atoms with Crippen LogP contribution in [0.1, 0.15) is 12.0 Å². The number of thioether (sulfide) groups is 1. The molecule has 6 heteroatoms. The monoisotopic (exact) mass is 280 g/mol. The number of hydrogen-bond donors (Lipinski definition) is 2. The van der Waals surface area contributed by atoms with Crippen molar-refractivity contribution in [3.8, 4) is 6.07 Å². The van der Waals surface area contributed by atoms with E-state index in [0.717, 1.165) is 10.6 Å². The van der Waals surface area contributed by atoms with E-state index < -0.39 is 5.97 Å². The summed E-state index contributed by atoms with van der Waals surface area (Å²) in [6.07, 6.45) is 1.93. The molecule has 19 heavy (non-hydrogen) atoms. The highest BCUT2D eigenvalue weighted by molar-refractivity contribution is 7.98. The van der Waals surface area contributed by atoms with Gasteiger partial charge in [-0.3, -0.25) is 4.79 Å². The van der Waals surface area contributed by atoms with Crippen molar-refractivity contribution in [3.05, 3.63) is 23.8 Å². The maximum Gasteiger partial charge on any atom is 0.305 e. The first-order valence-electron chi connectivity index (χ1n) is 5.79. The summed E-state index contributed by atoms with van der Waals surface area (Å²) in [5.74, 6) is -0.868. The van der Waals surface area contributed by atoms with Crippen LogP contribution < -0.4 is 5.32 Å². The molecule has 1 rings (SSSR count). The molecule has 0 unspecified atom stereocenters. The number of carbonyl (C=O) groups is 1. The summed E-state index contributed by atoms with van der Waals surface area (Å²) in [6, 6.07) is 7.81. The zero-order valence-electron chi connectivity index (χ0n) is 10.7. The van der Waals surface area contributed by atoms with Gasteiger partial charge in [-0.05, 0) is 18.4 Å². The molecule has 0 spiro atoms. The van der Waals surface area contributed by atoms with Gasteiger partial charge >= 0.3 is 5.97 Å². The number of carboxylic acid groups (broad SMARTS) is 1. The van der Waals surface area contributed by atoms with Crippen molar-refractivity contribution in [2.24, 2.45) is 0 Å². The topological polar surface area (TPSA) is 82.3 Å². The van der Waals surface area contributed by atoms with E-state index in [2.05, 4.69) is 11.4 Å². The number of carboxylic acids is 1. The van der Waals surface area contributed by atoms with E-state index in [9.17, 15) is 4.79 Å². The van der Waals surface area contributed by atoms with Gasteiger partial charge in [0.1, 0.15) is 6.07 Å². The maximum atomic E-state index is 10.3. The summed E-state index contributed by atoms with van der Waals surface area (Å²) >= 11 is 1.53.